The first-order valence-corrected chi connectivity index (χ1v) is 7.54. The SMILES string of the molecule is Cc1ccc(C)c(-c2cnc3c([n+]2C)Cc2ccncc2-3)c1. The van der Waals surface area contributed by atoms with E-state index in [1.807, 2.05) is 18.6 Å². The summed E-state index contributed by atoms with van der Waals surface area (Å²) in [5, 5.41) is 0. The van der Waals surface area contributed by atoms with Crippen molar-refractivity contribution in [3.8, 4) is 22.5 Å². The summed E-state index contributed by atoms with van der Waals surface area (Å²) in [6.45, 7) is 4.28. The number of nitrogens with zero attached hydrogens (tertiary/aromatic N) is 3. The number of pyridine rings is 1. The Kier molecular flexibility index (Phi) is 2.83. The molecule has 0 spiro atoms. The molecule has 0 fully saturated rings. The molecule has 0 amide bonds. The third kappa shape index (κ3) is 1.86. The molecule has 0 radical (unpaired) electrons. The highest BCUT2D eigenvalue weighted by Gasteiger charge is 2.30. The van der Waals surface area contributed by atoms with Crippen molar-refractivity contribution >= 4 is 0 Å². The molecule has 3 nitrogen and oxygen atoms in total. The van der Waals surface area contributed by atoms with Crippen molar-refractivity contribution < 1.29 is 4.57 Å². The van der Waals surface area contributed by atoms with Gasteiger partial charge in [-0.05, 0) is 37.1 Å². The second-order valence-corrected chi connectivity index (χ2v) is 6.03. The van der Waals surface area contributed by atoms with E-state index in [4.69, 9.17) is 4.98 Å². The number of fused-ring (bicyclic) bond motifs is 3. The lowest BCUT2D eigenvalue weighted by Gasteiger charge is -2.07. The van der Waals surface area contributed by atoms with Crippen LogP contribution in [0.2, 0.25) is 0 Å². The van der Waals surface area contributed by atoms with E-state index in [0.29, 0.717) is 0 Å². The van der Waals surface area contributed by atoms with Crippen LogP contribution in [0.5, 0.6) is 0 Å². The first-order valence-electron chi connectivity index (χ1n) is 7.54. The second-order valence-electron chi connectivity index (χ2n) is 6.03. The van der Waals surface area contributed by atoms with Gasteiger partial charge in [0.15, 0.2) is 0 Å². The highest BCUT2D eigenvalue weighted by molar-refractivity contribution is 5.71. The molecule has 2 aromatic heterocycles. The number of rotatable bonds is 1. The topological polar surface area (TPSA) is 29.7 Å². The van der Waals surface area contributed by atoms with Gasteiger partial charge in [0.2, 0.25) is 11.4 Å². The van der Waals surface area contributed by atoms with Crippen LogP contribution < -0.4 is 4.57 Å². The maximum atomic E-state index is 4.75. The highest BCUT2D eigenvalue weighted by atomic mass is 15.0. The average molecular weight is 288 g/mol. The number of benzene rings is 1. The maximum Gasteiger partial charge on any atom is 0.231 e. The van der Waals surface area contributed by atoms with Crippen molar-refractivity contribution in [3.05, 3.63) is 65.2 Å². The molecular weight excluding hydrogens is 270 g/mol. The molecule has 0 saturated carbocycles. The van der Waals surface area contributed by atoms with Crippen molar-refractivity contribution in [2.75, 3.05) is 0 Å². The number of hydrogen-bond donors (Lipinski definition) is 0. The molecule has 108 valence electrons. The average Bonchev–Trinajstić information content (AvgIpc) is 2.90. The Hall–Kier alpha value is -2.55. The van der Waals surface area contributed by atoms with Gasteiger partial charge in [-0.25, -0.2) is 4.98 Å². The van der Waals surface area contributed by atoms with Crippen LogP contribution in [0.1, 0.15) is 22.4 Å². The summed E-state index contributed by atoms with van der Waals surface area (Å²) >= 11 is 0. The highest BCUT2D eigenvalue weighted by Crippen LogP contribution is 2.33. The second kappa shape index (κ2) is 4.73. The lowest BCUT2D eigenvalue weighted by molar-refractivity contribution is -0.667. The van der Waals surface area contributed by atoms with E-state index >= 15 is 0 Å². The zero-order valence-electron chi connectivity index (χ0n) is 13.1. The molecule has 4 rings (SSSR count). The van der Waals surface area contributed by atoms with Crippen LogP contribution in [0.15, 0.2) is 42.9 Å². The third-order valence-electron chi connectivity index (χ3n) is 4.55. The van der Waals surface area contributed by atoms with Gasteiger partial charge >= 0.3 is 0 Å². The fourth-order valence-corrected chi connectivity index (χ4v) is 3.25. The van der Waals surface area contributed by atoms with E-state index in [9.17, 15) is 0 Å². The molecule has 3 aromatic rings. The summed E-state index contributed by atoms with van der Waals surface area (Å²) in [5.74, 6) is 0. The minimum atomic E-state index is 0.926. The monoisotopic (exact) mass is 288 g/mol. The summed E-state index contributed by atoms with van der Waals surface area (Å²) in [6, 6.07) is 8.66. The Morgan fingerprint density at radius 3 is 2.77 bits per heavy atom. The molecule has 22 heavy (non-hydrogen) atoms. The zero-order valence-corrected chi connectivity index (χ0v) is 13.1. The lowest BCUT2D eigenvalue weighted by atomic mass is 10.0. The number of hydrogen-bond acceptors (Lipinski definition) is 2. The van der Waals surface area contributed by atoms with Gasteiger partial charge in [0.25, 0.3) is 0 Å². The summed E-state index contributed by atoms with van der Waals surface area (Å²) in [4.78, 5) is 8.99. The Morgan fingerprint density at radius 1 is 1.05 bits per heavy atom. The Morgan fingerprint density at radius 2 is 1.91 bits per heavy atom. The molecule has 1 aliphatic carbocycles. The third-order valence-corrected chi connectivity index (χ3v) is 4.55. The van der Waals surface area contributed by atoms with Gasteiger partial charge in [0, 0.05) is 18.0 Å². The Labute approximate surface area is 130 Å². The van der Waals surface area contributed by atoms with Crippen molar-refractivity contribution in [2.45, 2.75) is 20.3 Å². The van der Waals surface area contributed by atoms with Crippen molar-refractivity contribution in [3.63, 3.8) is 0 Å². The maximum absolute atomic E-state index is 4.75. The van der Waals surface area contributed by atoms with Crippen LogP contribution in [0.4, 0.5) is 0 Å². The molecule has 0 N–H and O–H groups in total. The van der Waals surface area contributed by atoms with Gasteiger partial charge < -0.3 is 0 Å². The van der Waals surface area contributed by atoms with Gasteiger partial charge in [-0.15, -0.1) is 0 Å². The Bertz CT molecular complexity index is 897. The summed E-state index contributed by atoms with van der Waals surface area (Å²) < 4.78 is 2.28. The van der Waals surface area contributed by atoms with Crippen molar-refractivity contribution in [1.82, 2.24) is 9.97 Å². The van der Waals surface area contributed by atoms with E-state index in [0.717, 1.165) is 12.1 Å². The van der Waals surface area contributed by atoms with E-state index in [1.54, 1.807) is 0 Å². The summed E-state index contributed by atoms with van der Waals surface area (Å²) in [5.41, 5.74) is 9.79. The van der Waals surface area contributed by atoms with Gasteiger partial charge in [0.1, 0.15) is 18.9 Å². The van der Waals surface area contributed by atoms with Crippen LogP contribution in [0.25, 0.3) is 22.5 Å². The van der Waals surface area contributed by atoms with Gasteiger partial charge in [-0.2, -0.15) is 4.57 Å². The molecular formula is C19H18N3+. The fourth-order valence-electron chi connectivity index (χ4n) is 3.25. The zero-order chi connectivity index (χ0) is 15.3. The Balaban J connectivity index is 1.92. The smallest absolute Gasteiger partial charge is 0.231 e. The molecule has 0 atom stereocenters. The van der Waals surface area contributed by atoms with E-state index in [-0.39, 0.29) is 0 Å². The van der Waals surface area contributed by atoms with Gasteiger partial charge in [-0.3, -0.25) is 4.98 Å². The van der Waals surface area contributed by atoms with Crippen molar-refractivity contribution in [2.24, 2.45) is 7.05 Å². The summed E-state index contributed by atoms with van der Waals surface area (Å²) in [6.07, 6.45) is 6.69. The van der Waals surface area contributed by atoms with Crippen LogP contribution in [0, 0.1) is 13.8 Å². The van der Waals surface area contributed by atoms with Crippen LogP contribution >= 0.6 is 0 Å². The first-order chi connectivity index (χ1) is 10.6. The summed E-state index contributed by atoms with van der Waals surface area (Å²) in [7, 11) is 2.14. The number of aromatic nitrogens is 3. The molecule has 1 aromatic carbocycles. The molecule has 0 aliphatic heterocycles. The van der Waals surface area contributed by atoms with Crippen LogP contribution in [0.3, 0.4) is 0 Å². The predicted molar refractivity (Wildman–Crippen MR) is 86.4 cm³/mol. The minimum Gasteiger partial charge on any atom is -0.264 e. The van der Waals surface area contributed by atoms with Crippen LogP contribution in [-0.2, 0) is 13.5 Å². The van der Waals surface area contributed by atoms with Crippen molar-refractivity contribution in [1.29, 1.82) is 0 Å². The molecule has 1 aliphatic rings. The molecule has 2 heterocycles. The standard InChI is InChI=1S/C19H18N3/c1-12-4-5-13(2)15(8-12)18-11-21-19-16-10-20-7-6-14(16)9-17(19)22(18)3/h4-8,10-11H,9H2,1-3H3/q+1. The lowest BCUT2D eigenvalue weighted by Crippen LogP contribution is -2.36. The molecule has 0 bridgehead atoms. The van der Waals surface area contributed by atoms with E-state index in [1.165, 1.54) is 39.2 Å². The van der Waals surface area contributed by atoms with Gasteiger partial charge in [-0.1, -0.05) is 17.7 Å². The van der Waals surface area contributed by atoms with E-state index < -0.39 is 0 Å². The first kappa shape index (κ1) is 13.1. The quantitative estimate of drug-likeness (QED) is 0.504. The van der Waals surface area contributed by atoms with Crippen LogP contribution in [-0.4, -0.2) is 9.97 Å². The molecule has 0 saturated heterocycles. The molecule has 3 heteroatoms. The largest absolute Gasteiger partial charge is 0.264 e. The predicted octanol–water partition coefficient (Wildman–Crippen LogP) is 3.16. The van der Waals surface area contributed by atoms with Gasteiger partial charge in [0.05, 0.1) is 12.0 Å². The molecule has 0 unspecified atom stereocenters. The number of aryl methyl sites for hydroxylation is 2. The van der Waals surface area contributed by atoms with E-state index in [2.05, 4.69) is 54.7 Å². The fraction of sp³-hybridized carbons (Fsp3) is 0.211. The minimum absolute atomic E-state index is 0.926. The normalized spacial score (nSPS) is 12.1.